The first-order valence-electron chi connectivity index (χ1n) is 6.40. The fourth-order valence-corrected chi connectivity index (χ4v) is 1.38. The molecular formula is C13H27N3O2. The second-order valence-electron chi connectivity index (χ2n) is 5.62. The summed E-state index contributed by atoms with van der Waals surface area (Å²) in [5, 5.41) is 3.26. The molecule has 106 valence electrons. The maximum atomic E-state index is 11.9. The number of carbonyl (C=O) groups excluding carboxylic acids is 2. The Balaban J connectivity index is 4.16. The number of hydrogen-bond acceptors (Lipinski definition) is 3. The van der Waals surface area contributed by atoms with Crippen molar-refractivity contribution in [2.75, 3.05) is 33.7 Å². The molecule has 5 nitrogen and oxygen atoms in total. The van der Waals surface area contributed by atoms with Crippen molar-refractivity contribution in [2.45, 2.75) is 39.7 Å². The minimum absolute atomic E-state index is 0.0107. The van der Waals surface area contributed by atoms with Gasteiger partial charge in [-0.15, -0.1) is 0 Å². The van der Waals surface area contributed by atoms with Crippen molar-refractivity contribution in [1.82, 2.24) is 15.1 Å². The van der Waals surface area contributed by atoms with Crippen LogP contribution in [0.3, 0.4) is 0 Å². The third-order valence-electron chi connectivity index (χ3n) is 2.55. The molecule has 0 radical (unpaired) electrons. The number of rotatable bonds is 6. The standard InChI is InChI=1S/C13H27N3O2/c1-7-16(10-12(18)15(5)6)11(17)8-9-14-13(2,3)4/h14H,7-10H2,1-6H3. The molecular weight excluding hydrogens is 230 g/mol. The Morgan fingerprint density at radius 1 is 1.11 bits per heavy atom. The van der Waals surface area contributed by atoms with Gasteiger partial charge in [0.25, 0.3) is 0 Å². The number of likely N-dealkylation sites (N-methyl/N-ethyl adjacent to an activating group) is 2. The fraction of sp³-hybridized carbons (Fsp3) is 0.846. The Hall–Kier alpha value is -1.10. The smallest absolute Gasteiger partial charge is 0.241 e. The van der Waals surface area contributed by atoms with Crippen molar-refractivity contribution in [3.05, 3.63) is 0 Å². The SMILES string of the molecule is CCN(CC(=O)N(C)C)C(=O)CCNC(C)(C)C. The molecule has 5 heteroatoms. The van der Waals surface area contributed by atoms with Crippen LogP contribution in [0.25, 0.3) is 0 Å². The number of nitrogens with one attached hydrogen (secondary N) is 1. The molecule has 0 aliphatic rings. The summed E-state index contributed by atoms with van der Waals surface area (Å²) in [6.45, 7) is 9.43. The zero-order chi connectivity index (χ0) is 14.3. The van der Waals surface area contributed by atoms with Crippen molar-refractivity contribution in [3.8, 4) is 0 Å². The Morgan fingerprint density at radius 3 is 2.06 bits per heavy atom. The quantitative estimate of drug-likeness (QED) is 0.762. The average Bonchev–Trinajstić information content (AvgIpc) is 2.23. The van der Waals surface area contributed by atoms with E-state index in [-0.39, 0.29) is 23.9 Å². The zero-order valence-electron chi connectivity index (χ0n) is 12.5. The summed E-state index contributed by atoms with van der Waals surface area (Å²) in [4.78, 5) is 26.6. The van der Waals surface area contributed by atoms with Crippen LogP contribution in [0.4, 0.5) is 0 Å². The monoisotopic (exact) mass is 257 g/mol. The van der Waals surface area contributed by atoms with Gasteiger partial charge in [0.15, 0.2) is 0 Å². The van der Waals surface area contributed by atoms with Crippen LogP contribution in [0, 0.1) is 0 Å². The maximum Gasteiger partial charge on any atom is 0.241 e. The molecule has 0 spiro atoms. The van der Waals surface area contributed by atoms with Gasteiger partial charge >= 0.3 is 0 Å². The second kappa shape index (κ2) is 7.36. The summed E-state index contributed by atoms with van der Waals surface area (Å²) in [5.41, 5.74) is 0.0107. The third-order valence-corrected chi connectivity index (χ3v) is 2.55. The van der Waals surface area contributed by atoms with Crippen LogP contribution in [-0.4, -0.2) is 60.9 Å². The summed E-state index contributed by atoms with van der Waals surface area (Å²) < 4.78 is 0. The van der Waals surface area contributed by atoms with Gasteiger partial charge in [-0.3, -0.25) is 9.59 Å². The third kappa shape index (κ3) is 7.27. The maximum absolute atomic E-state index is 11.9. The molecule has 0 atom stereocenters. The number of amides is 2. The van der Waals surface area contributed by atoms with E-state index in [9.17, 15) is 9.59 Å². The van der Waals surface area contributed by atoms with Gasteiger partial charge in [0.1, 0.15) is 0 Å². The number of carbonyl (C=O) groups is 2. The first-order valence-corrected chi connectivity index (χ1v) is 6.40. The lowest BCUT2D eigenvalue weighted by atomic mass is 10.1. The van der Waals surface area contributed by atoms with Crippen LogP contribution < -0.4 is 5.32 Å². The molecule has 0 rings (SSSR count). The van der Waals surface area contributed by atoms with Crippen molar-refractivity contribution in [3.63, 3.8) is 0 Å². The van der Waals surface area contributed by atoms with Crippen LogP contribution in [0.15, 0.2) is 0 Å². The Morgan fingerprint density at radius 2 is 1.67 bits per heavy atom. The van der Waals surface area contributed by atoms with Crippen molar-refractivity contribution in [1.29, 1.82) is 0 Å². The highest BCUT2D eigenvalue weighted by atomic mass is 16.2. The molecule has 0 aromatic carbocycles. The van der Waals surface area contributed by atoms with Crippen LogP contribution >= 0.6 is 0 Å². The highest BCUT2D eigenvalue weighted by molar-refractivity contribution is 5.84. The van der Waals surface area contributed by atoms with E-state index in [1.807, 2.05) is 6.92 Å². The number of hydrogen-bond donors (Lipinski definition) is 1. The van der Waals surface area contributed by atoms with Gasteiger partial charge in [-0.25, -0.2) is 0 Å². The molecule has 0 saturated heterocycles. The largest absolute Gasteiger partial charge is 0.347 e. The predicted octanol–water partition coefficient (Wildman–Crippen LogP) is 0.701. The van der Waals surface area contributed by atoms with E-state index in [1.54, 1.807) is 19.0 Å². The number of nitrogens with zero attached hydrogens (tertiary/aromatic N) is 2. The van der Waals surface area contributed by atoms with E-state index in [1.165, 1.54) is 4.90 Å². The molecule has 2 amide bonds. The van der Waals surface area contributed by atoms with Crippen molar-refractivity contribution >= 4 is 11.8 Å². The molecule has 0 unspecified atom stereocenters. The predicted molar refractivity (Wildman–Crippen MR) is 73.3 cm³/mol. The van der Waals surface area contributed by atoms with Gasteiger partial charge in [0.05, 0.1) is 6.54 Å². The van der Waals surface area contributed by atoms with Gasteiger partial charge < -0.3 is 15.1 Å². The minimum Gasteiger partial charge on any atom is -0.347 e. The van der Waals surface area contributed by atoms with Gasteiger partial charge in [-0.1, -0.05) is 0 Å². The lowest BCUT2D eigenvalue weighted by molar-refractivity contribution is -0.139. The summed E-state index contributed by atoms with van der Waals surface area (Å²) in [7, 11) is 3.39. The lowest BCUT2D eigenvalue weighted by Crippen LogP contribution is -2.42. The van der Waals surface area contributed by atoms with Crippen LogP contribution in [0.2, 0.25) is 0 Å². The Kier molecular flexibility index (Phi) is 6.91. The van der Waals surface area contributed by atoms with Gasteiger partial charge in [-0.05, 0) is 27.7 Å². The van der Waals surface area contributed by atoms with Crippen LogP contribution in [0.1, 0.15) is 34.1 Å². The first-order chi connectivity index (χ1) is 8.17. The molecule has 1 N–H and O–H groups in total. The summed E-state index contributed by atoms with van der Waals surface area (Å²) >= 11 is 0. The van der Waals surface area contributed by atoms with Gasteiger partial charge in [0, 0.05) is 39.1 Å². The molecule has 0 aliphatic carbocycles. The lowest BCUT2D eigenvalue weighted by Gasteiger charge is -2.24. The molecule has 0 heterocycles. The highest BCUT2D eigenvalue weighted by Gasteiger charge is 2.17. The van der Waals surface area contributed by atoms with Crippen LogP contribution in [0.5, 0.6) is 0 Å². The van der Waals surface area contributed by atoms with Crippen LogP contribution in [-0.2, 0) is 9.59 Å². The van der Waals surface area contributed by atoms with E-state index in [0.29, 0.717) is 19.5 Å². The Bertz CT molecular complexity index is 282. The molecule has 18 heavy (non-hydrogen) atoms. The molecule has 0 aliphatic heterocycles. The van der Waals surface area contributed by atoms with E-state index in [4.69, 9.17) is 0 Å². The molecule has 0 aromatic heterocycles. The van der Waals surface area contributed by atoms with Gasteiger partial charge in [-0.2, -0.15) is 0 Å². The minimum atomic E-state index is -0.0472. The molecule has 0 bridgehead atoms. The zero-order valence-corrected chi connectivity index (χ0v) is 12.5. The highest BCUT2D eigenvalue weighted by Crippen LogP contribution is 2.00. The molecule has 0 fully saturated rings. The fourth-order valence-electron chi connectivity index (χ4n) is 1.38. The van der Waals surface area contributed by atoms with E-state index in [2.05, 4.69) is 26.1 Å². The molecule has 0 saturated carbocycles. The van der Waals surface area contributed by atoms with E-state index in [0.717, 1.165) is 0 Å². The van der Waals surface area contributed by atoms with Crippen molar-refractivity contribution < 1.29 is 9.59 Å². The summed E-state index contributed by atoms with van der Waals surface area (Å²) in [6.07, 6.45) is 0.422. The summed E-state index contributed by atoms with van der Waals surface area (Å²) in [6, 6.07) is 0. The first kappa shape index (κ1) is 16.9. The van der Waals surface area contributed by atoms with Gasteiger partial charge in [0.2, 0.25) is 11.8 Å². The van der Waals surface area contributed by atoms with Crippen molar-refractivity contribution in [2.24, 2.45) is 0 Å². The average molecular weight is 257 g/mol. The van der Waals surface area contributed by atoms with E-state index < -0.39 is 0 Å². The molecule has 0 aromatic rings. The summed E-state index contributed by atoms with van der Waals surface area (Å²) in [5.74, 6) is -0.0292. The second-order valence-corrected chi connectivity index (χ2v) is 5.62. The Labute approximate surface area is 111 Å². The van der Waals surface area contributed by atoms with E-state index >= 15 is 0 Å². The topological polar surface area (TPSA) is 52.7 Å². The normalized spacial score (nSPS) is 11.2.